The molecule has 7 heteroatoms. The number of benzene rings is 2. The van der Waals surface area contributed by atoms with Crippen LogP contribution in [0.5, 0.6) is 11.5 Å². The Hall–Kier alpha value is -3.61. The first-order chi connectivity index (χ1) is 13.1. The summed E-state index contributed by atoms with van der Waals surface area (Å²) in [6.45, 7) is 0. The van der Waals surface area contributed by atoms with E-state index >= 15 is 0 Å². The average Bonchev–Trinajstić information content (AvgIpc) is 2.70. The lowest BCUT2D eigenvalue weighted by molar-refractivity contribution is 0.102. The van der Waals surface area contributed by atoms with Gasteiger partial charge in [0.1, 0.15) is 23.1 Å². The summed E-state index contributed by atoms with van der Waals surface area (Å²) < 4.78 is 24.2. The van der Waals surface area contributed by atoms with Gasteiger partial charge in [-0.3, -0.25) is 4.79 Å². The maximum Gasteiger partial charge on any atom is 0.255 e. The van der Waals surface area contributed by atoms with Crippen molar-refractivity contribution in [1.29, 1.82) is 0 Å². The predicted octanol–water partition coefficient (Wildman–Crippen LogP) is 4.23. The summed E-state index contributed by atoms with van der Waals surface area (Å²) in [5, 5.41) is 5.64. The van der Waals surface area contributed by atoms with Gasteiger partial charge in [-0.05, 0) is 36.4 Å². The highest BCUT2D eigenvalue weighted by Gasteiger charge is 2.12. The van der Waals surface area contributed by atoms with Crippen LogP contribution >= 0.6 is 0 Å². The molecule has 0 fully saturated rings. The molecule has 6 nitrogen and oxygen atoms in total. The third-order valence-corrected chi connectivity index (χ3v) is 3.82. The number of pyridine rings is 1. The standard InChI is InChI=1S/C20H18FN3O3/c1-26-14-7-8-17(18(12-14)27-2)24-20(25)13-9-10-22-19(11-13)23-16-6-4-3-5-15(16)21/h3-12H,1-2H3,(H,22,23)(H,24,25). The number of ether oxygens (including phenoxy) is 2. The molecule has 1 heterocycles. The molecule has 0 unspecified atom stereocenters. The first-order valence-electron chi connectivity index (χ1n) is 8.11. The molecule has 0 aliphatic rings. The number of aromatic nitrogens is 1. The van der Waals surface area contributed by atoms with E-state index in [9.17, 15) is 9.18 Å². The topological polar surface area (TPSA) is 72.5 Å². The highest BCUT2D eigenvalue weighted by atomic mass is 19.1. The fraction of sp³-hybridized carbons (Fsp3) is 0.100. The molecule has 0 bridgehead atoms. The average molecular weight is 367 g/mol. The van der Waals surface area contributed by atoms with Gasteiger partial charge in [0, 0.05) is 17.8 Å². The molecule has 1 aromatic heterocycles. The Kier molecular flexibility index (Phi) is 5.51. The maximum absolute atomic E-state index is 13.8. The number of hydrogen-bond donors (Lipinski definition) is 2. The summed E-state index contributed by atoms with van der Waals surface area (Å²) in [6.07, 6.45) is 1.48. The SMILES string of the molecule is COc1ccc(NC(=O)c2ccnc(Nc3ccccc3F)c2)c(OC)c1. The zero-order valence-corrected chi connectivity index (χ0v) is 14.8. The van der Waals surface area contributed by atoms with Crippen LogP contribution in [0.1, 0.15) is 10.4 Å². The van der Waals surface area contributed by atoms with E-state index in [1.165, 1.54) is 25.4 Å². The molecule has 3 rings (SSSR count). The second-order valence-corrected chi connectivity index (χ2v) is 5.55. The van der Waals surface area contributed by atoms with Gasteiger partial charge in [0.15, 0.2) is 0 Å². The maximum atomic E-state index is 13.8. The second-order valence-electron chi connectivity index (χ2n) is 5.55. The van der Waals surface area contributed by atoms with Gasteiger partial charge >= 0.3 is 0 Å². The molecule has 0 atom stereocenters. The number of hydrogen-bond acceptors (Lipinski definition) is 5. The van der Waals surface area contributed by atoms with Crippen LogP contribution in [-0.2, 0) is 0 Å². The number of nitrogens with one attached hydrogen (secondary N) is 2. The van der Waals surface area contributed by atoms with Crippen molar-refractivity contribution >= 4 is 23.1 Å². The number of nitrogens with zero attached hydrogens (tertiary/aromatic N) is 1. The minimum absolute atomic E-state index is 0.277. The van der Waals surface area contributed by atoms with Crippen LogP contribution in [-0.4, -0.2) is 25.1 Å². The smallest absolute Gasteiger partial charge is 0.255 e. The van der Waals surface area contributed by atoms with Crippen LogP contribution in [0.3, 0.4) is 0 Å². The van der Waals surface area contributed by atoms with Crippen molar-refractivity contribution in [2.45, 2.75) is 0 Å². The van der Waals surface area contributed by atoms with E-state index in [0.29, 0.717) is 28.6 Å². The predicted molar refractivity (Wildman–Crippen MR) is 101 cm³/mol. The largest absolute Gasteiger partial charge is 0.497 e. The number of rotatable bonds is 6. The van der Waals surface area contributed by atoms with Crippen LogP contribution in [0.25, 0.3) is 0 Å². The summed E-state index contributed by atoms with van der Waals surface area (Å²) in [7, 11) is 3.06. The van der Waals surface area contributed by atoms with Crippen LogP contribution < -0.4 is 20.1 Å². The monoisotopic (exact) mass is 367 g/mol. The Balaban J connectivity index is 1.79. The lowest BCUT2D eigenvalue weighted by Crippen LogP contribution is -2.13. The molecule has 3 aromatic rings. The van der Waals surface area contributed by atoms with Crippen LogP contribution in [0.4, 0.5) is 21.6 Å². The Morgan fingerprint density at radius 1 is 1.00 bits per heavy atom. The number of halogens is 1. The normalized spacial score (nSPS) is 10.2. The van der Waals surface area contributed by atoms with Crippen molar-refractivity contribution in [2.75, 3.05) is 24.9 Å². The van der Waals surface area contributed by atoms with Gasteiger partial charge in [-0.15, -0.1) is 0 Å². The highest BCUT2D eigenvalue weighted by Crippen LogP contribution is 2.29. The van der Waals surface area contributed by atoms with Crippen molar-refractivity contribution in [3.63, 3.8) is 0 Å². The Bertz CT molecular complexity index is 963. The molecule has 0 radical (unpaired) electrons. The molecular weight excluding hydrogens is 349 g/mol. The molecule has 2 aromatic carbocycles. The number of methoxy groups -OCH3 is 2. The molecule has 138 valence electrons. The summed E-state index contributed by atoms with van der Waals surface area (Å²) in [5.74, 6) is 0.690. The second kappa shape index (κ2) is 8.18. The molecule has 0 saturated carbocycles. The minimum Gasteiger partial charge on any atom is -0.497 e. The van der Waals surface area contributed by atoms with Crippen molar-refractivity contribution in [3.05, 3.63) is 72.2 Å². The van der Waals surface area contributed by atoms with Crippen LogP contribution in [0.2, 0.25) is 0 Å². The van der Waals surface area contributed by atoms with E-state index in [0.717, 1.165) is 0 Å². The Labute approximate surface area is 156 Å². The van der Waals surface area contributed by atoms with Gasteiger partial charge in [0.05, 0.1) is 25.6 Å². The van der Waals surface area contributed by atoms with E-state index < -0.39 is 5.82 Å². The quantitative estimate of drug-likeness (QED) is 0.682. The van der Waals surface area contributed by atoms with Gasteiger partial charge in [-0.25, -0.2) is 9.37 Å². The van der Waals surface area contributed by atoms with E-state index in [4.69, 9.17) is 9.47 Å². The number of anilines is 3. The lowest BCUT2D eigenvalue weighted by Gasteiger charge is -2.12. The number of carbonyl (C=O) groups is 1. The molecule has 0 aliphatic heterocycles. The van der Waals surface area contributed by atoms with Crippen LogP contribution in [0, 0.1) is 5.82 Å². The first kappa shape index (κ1) is 18.2. The van der Waals surface area contributed by atoms with E-state index in [2.05, 4.69) is 15.6 Å². The van der Waals surface area contributed by atoms with Crippen molar-refractivity contribution < 1.29 is 18.7 Å². The molecule has 0 saturated heterocycles. The first-order valence-corrected chi connectivity index (χ1v) is 8.11. The molecule has 0 aliphatic carbocycles. The van der Waals surface area contributed by atoms with Crippen molar-refractivity contribution in [3.8, 4) is 11.5 Å². The van der Waals surface area contributed by atoms with E-state index in [1.54, 1.807) is 49.6 Å². The molecule has 27 heavy (non-hydrogen) atoms. The van der Waals surface area contributed by atoms with Crippen molar-refractivity contribution in [2.24, 2.45) is 0 Å². The summed E-state index contributed by atoms with van der Waals surface area (Å²) >= 11 is 0. The summed E-state index contributed by atoms with van der Waals surface area (Å²) in [5.41, 5.74) is 1.14. The fourth-order valence-electron chi connectivity index (χ4n) is 2.44. The fourth-order valence-corrected chi connectivity index (χ4v) is 2.44. The zero-order valence-electron chi connectivity index (χ0n) is 14.8. The van der Waals surface area contributed by atoms with Gasteiger partial charge in [-0.1, -0.05) is 12.1 Å². The lowest BCUT2D eigenvalue weighted by atomic mass is 10.2. The molecule has 1 amide bonds. The van der Waals surface area contributed by atoms with E-state index in [-0.39, 0.29) is 11.6 Å². The van der Waals surface area contributed by atoms with E-state index in [1.807, 2.05) is 0 Å². The number of amides is 1. The highest BCUT2D eigenvalue weighted by molar-refractivity contribution is 6.05. The molecular formula is C20H18FN3O3. The number of carbonyl (C=O) groups excluding carboxylic acids is 1. The Morgan fingerprint density at radius 2 is 1.81 bits per heavy atom. The zero-order chi connectivity index (χ0) is 19.2. The Morgan fingerprint density at radius 3 is 2.56 bits per heavy atom. The minimum atomic E-state index is -0.405. The summed E-state index contributed by atoms with van der Waals surface area (Å²) in [6, 6.07) is 14.4. The summed E-state index contributed by atoms with van der Waals surface area (Å²) in [4.78, 5) is 16.7. The van der Waals surface area contributed by atoms with Gasteiger partial charge in [-0.2, -0.15) is 0 Å². The number of para-hydroxylation sites is 1. The van der Waals surface area contributed by atoms with Crippen molar-refractivity contribution in [1.82, 2.24) is 4.98 Å². The van der Waals surface area contributed by atoms with Gasteiger partial charge < -0.3 is 20.1 Å². The third kappa shape index (κ3) is 4.33. The molecule has 2 N–H and O–H groups in total. The van der Waals surface area contributed by atoms with Crippen LogP contribution in [0.15, 0.2) is 60.8 Å². The third-order valence-electron chi connectivity index (χ3n) is 3.82. The van der Waals surface area contributed by atoms with Gasteiger partial charge in [0.25, 0.3) is 5.91 Å². The van der Waals surface area contributed by atoms with Gasteiger partial charge in [0.2, 0.25) is 0 Å². The molecule has 0 spiro atoms.